The SMILES string of the molecule is CCCCCCCCCCCCCCCCC[N+](C)(C)Cc1cc(C[N+](C)(C)CCCCCCCCCCCCCCCC)cc(C[N+](C)(C)CCCCCCCCCCCCCCCC)c1.[Br-].[Br-].[Br-]. The first-order chi connectivity index (χ1) is 32.4. The fraction of sp³-hybridized carbons (Fsp3) is 0.906. The van der Waals surface area contributed by atoms with Gasteiger partial charge in [0.05, 0.1) is 61.9 Å². The molecule has 6 heteroatoms. The lowest BCUT2D eigenvalue weighted by Gasteiger charge is -2.33. The average Bonchev–Trinajstić information content (AvgIpc) is 3.27. The van der Waals surface area contributed by atoms with E-state index in [1.165, 1.54) is 296 Å². The molecule has 3 nitrogen and oxygen atoms in total. The number of hydrogen-bond acceptors (Lipinski definition) is 0. The van der Waals surface area contributed by atoms with Crippen molar-refractivity contribution in [2.24, 2.45) is 0 Å². The Morgan fingerprint density at radius 1 is 0.214 bits per heavy atom. The molecule has 0 radical (unpaired) electrons. The lowest BCUT2D eigenvalue weighted by molar-refractivity contribution is -0.905. The third kappa shape index (κ3) is 49.4. The lowest BCUT2D eigenvalue weighted by Crippen LogP contribution is -3.00. The van der Waals surface area contributed by atoms with E-state index in [1.807, 2.05) is 0 Å². The molecular formula is C64H128Br3N3. The molecule has 70 heavy (non-hydrogen) atoms. The minimum Gasteiger partial charge on any atom is -1.00 e. The van der Waals surface area contributed by atoms with Crippen molar-refractivity contribution < 1.29 is 64.4 Å². The van der Waals surface area contributed by atoms with Crippen LogP contribution in [0.5, 0.6) is 0 Å². The van der Waals surface area contributed by atoms with Crippen molar-refractivity contribution in [3.63, 3.8) is 0 Å². The normalized spacial score (nSPS) is 12.0. The number of hydrogen-bond donors (Lipinski definition) is 0. The van der Waals surface area contributed by atoms with Crippen LogP contribution in [0.1, 0.15) is 314 Å². The standard InChI is InChI=1S/C64H128N3.3BrH/c1-10-13-16-19-22-25-28-31-34-37-40-43-46-49-52-55-67(8,9)61-64-57-62(59-65(4,5)53-50-47-44-41-38-35-32-29-26-23-20-17-14-11-2)56-63(58-64)60-66(6,7)54-51-48-45-42-39-36-33-30-27-24-21-18-15-12-3;;;/h56-58H,10-55,59-61H2,1-9H3;3*1H/q+3;;;/p-3. The van der Waals surface area contributed by atoms with Crippen LogP contribution in [0.25, 0.3) is 0 Å². The van der Waals surface area contributed by atoms with E-state index in [0.29, 0.717) is 0 Å². The van der Waals surface area contributed by atoms with Crippen molar-refractivity contribution >= 4 is 0 Å². The van der Waals surface area contributed by atoms with Gasteiger partial charge in [0.1, 0.15) is 19.6 Å². The molecule has 420 valence electrons. The van der Waals surface area contributed by atoms with Gasteiger partial charge in [-0.05, 0) is 56.7 Å². The highest BCUT2D eigenvalue weighted by atomic mass is 79.9. The predicted octanol–water partition coefficient (Wildman–Crippen LogP) is 11.3. The maximum atomic E-state index is 2.62. The molecule has 1 aromatic carbocycles. The van der Waals surface area contributed by atoms with Crippen LogP contribution in [0.4, 0.5) is 0 Å². The van der Waals surface area contributed by atoms with Crippen LogP contribution in [0, 0.1) is 0 Å². The number of benzene rings is 1. The third-order valence-electron chi connectivity index (χ3n) is 15.5. The monoisotopic (exact) mass is 1180 g/mol. The second-order valence-electron chi connectivity index (χ2n) is 24.8. The van der Waals surface area contributed by atoms with Gasteiger partial charge in [-0.2, -0.15) is 0 Å². The van der Waals surface area contributed by atoms with Gasteiger partial charge in [-0.25, -0.2) is 0 Å². The highest BCUT2D eigenvalue weighted by Crippen LogP contribution is 2.23. The molecule has 0 N–H and O–H groups in total. The summed E-state index contributed by atoms with van der Waals surface area (Å²) < 4.78 is 3.32. The van der Waals surface area contributed by atoms with E-state index in [1.54, 1.807) is 16.7 Å². The van der Waals surface area contributed by atoms with Crippen molar-refractivity contribution in [1.29, 1.82) is 0 Å². The summed E-state index contributed by atoms with van der Waals surface area (Å²) in [5.74, 6) is 0. The Kier molecular flexibility index (Phi) is 55.2. The van der Waals surface area contributed by atoms with E-state index in [9.17, 15) is 0 Å². The quantitative estimate of drug-likeness (QED) is 0.0451. The van der Waals surface area contributed by atoms with Gasteiger partial charge in [-0.15, -0.1) is 0 Å². The molecule has 0 aliphatic carbocycles. The summed E-state index contributed by atoms with van der Waals surface area (Å²) in [5.41, 5.74) is 4.73. The molecule has 0 bridgehead atoms. The molecule has 1 aromatic rings. The van der Waals surface area contributed by atoms with Crippen LogP contribution in [0.2, 0.25) is 0 Å². The molecule has 0 aromatic heterocycles. The van der Waals surface area contributed by atoms with Crippen molar-refractivity contribution in [3.05, 3.63) is 34.9 Å². The summed E-state index contributed by atoms with van der Waals surface area (Å²) in [5, 5.41) is 0. The van der Waals surface area contributed by atoms with E-state index >= 15 is 0 Å². The van der Waals surface area contributed by atoms with Crippen LogP contribution in [-0.2, 0) is 19.6 Å². The summed E-state index contributed by atoms with van der Waals surface area (Å²) in [7, 11) is 15.0. The fourth-order valence-corrected chi connectivity index (χ4v) is 11.2. The molecular weight excluding hydrogens is 1050 g/mol. The first-order valence-corrected chi connectivity index (χ1v) is 31.0. The Balaban J connectivity index is -0.0000150. The predicted molar refractivity (Wildman–Crippen MR) is 304 cm³/mol. The molecule has 0 atom stereocenters. The number of halogens is 3. The molecule has 1 rings (SSSR count). The molecule has 0 fully saturated rings. The van der Waals surface area contributed by atoms with Crippen LogP contribution >= 0.6 is 0 Å². The largest absolute Gasteiger partial charge is 1.00 e. The van der Waals surface area contributed by atoms with Crippen LogP contribution in [-0.4, -0.2) is 75.4 Å². The minimum atomic E-state index is 0. The lowest BCUT2D eigenvalue weighted by atomic mass is 10.0. The molecule has 0 aliphatic rings. The smallest absolute Gasteiger partial charge is 0.104 e. The molecule has 0 unspecified atom stereocenters. The first-order valence-electron chi connectivity index (χ1n) is 31.0. The zero-order chi connectivity index (χ0) is 49.0. The summed E-state index contributed by atoms with van der Waals surface area (Å²) in [6, 6.07) is 7.86. The Morgan fingerprint density at radius 2 is 0.343 bits per heavy atom. The number of unbranched alkanes of at least 4 members (excludes halogenated alkanes) is 40. The number of rotatable bonds is 52. The van der Waals surface area contributed by atoms with E-state index in [4.69, 9.17) is 0 Å². The van der Waals surface area contributed by atoms with Gasteiger partial charge in [-0.3, -0.25) is 0 Å². The van der Waals surface area contributed by atoms with Gasteiger partial charge in [0.25, 0.3) is 0 Å². The van der Waals surface area contributed by atoms with E-state index in [2.05, 4.69) is 81.3 Å². The summed E-state index contributed by atoms with van der Waals surface area (Å²) in [4.78, 5) is 0. The third-order valence-corrected chi connectivity index (χ3v) is 15.5. The topological polar surface area (TPSA) is 0 Å². The fourth-order valence-electron chi connectivity index (χ4n) is 11.2. The number of nitrogens with zero attached hydrogens (tertiary/aromatic N) is 3. The second kappa shape index (κ2) is 51.6. The van der Waals surface area contributed by atoms with E-state index in [0.717, 1.165) is 33.1 Å². The zero-order valence-corrected chi connectivity index (χ0v) is 54.1. The van der Waals surface area contributed by atoms with Crippen molar-refractivity contribution in [3.8, 4) is 0 Å². The van der Waals surface area contributed by atoms with Gasteiger partial charge >= 0.3 is 0 Å². The molecule has 0 heterocycles. The summed E-state index contributed by atoms with van der Waals surface area (Å²) >= 11 is 0. The van der Waals surface area contributed by atoms with Gasteiger partial charge in [-0.1, -0.05) is 258 Å². The van der Waals surface area contributed by atoms with Crippen molar-refractivity contribution in [2.45, 2.75) is 317 Å². The highest BCUT2D eigenvalue weighted by Gasteiger charge is 2.22. The Labute approximate surface area is 474 Å². The molecule has 0 spiro atoms. The van der Waals surface area contributed by atoms with Crippen LogP contribution < -0.4 is 50.9 Å². The molecule has 0 aliphatic heterocycles. The van der Waals surface area contributed by atoms with Gasteiger partial charge in [0.2, 0.25) is 0 Å². The first kappa shape index (κ1) is 74.8. The van der Waals surface area contributed by atoms with Gasteiger partial charge < -0.3 is 64.4 Å². The highest BCUT2D eigenvalue weighted by molar-refractivity contribution is 5.29. The number of quaternary nitrogens is 3. The Bertz CT molecular complexity index is 1140. The maximum Gasteiger partial charge on any atom is 0.104 e. The van der Waals surface area contributed by atoms with Gasteiger partial charge in [0, 0.05) is 16.7 Å². The second-order valence-corrected chi connectivity index (χ2v) is 24.8. The van der Waals surface area contributed by atoms with E-state index in [-0.39, 0.29) is 50.9 Å². The van der Waals surface area contributed by atoms with E-state index < -0.39 is 0 Å². The van der Waals surface area contributed by atoms with Crippen molar-refractivity contribution in [2.75, 3.05) is 61.9 Å². The average molecular weight is 1180 g/mol. The van der Waals surface area contributed by atoms with Crippen LogP contribution in [0.15, 0.2) is 18.2 Å². The molecule has 0 saturated carbocycles. The Hall–Kier alpha value is 0.540. The maximum absolute atomic E-state index is 2.62. The summed E-state index contributed by atoms with van der Waals surface area (Å²) in [6.07, 6.45) is 61.8. The van der Waals surface area contributed by atoms with Crippen molar-refractivity contribution in [1.82, 2.24) is 0 Å². The van der Waals surface area contributed by atoms with Gasteiger partial charge in [0.15, 0.2) is 0 Å². The minimum absolute atomic E-state index is 0. The Morgan fingerprint density at radius 3 is 0.486 bits per heavy atom. The molecule has 0 amide bonds. The van der Waals surface area contributed by atoms with Crippen LogP contribution in [0.3, 0.4) is 0 Å². The molecule has 0 saturated heterocycles. The summed E-state index contributed by atoms with van der Waals surface area (Å²) in [6.45, 7) is 14.3. The zero-order valence-electron chi connectivity index (χ0n) is 49.4.